The number of rotatable bonds is 10. The molecule has 1 unspecified atom stereocenters. The van der Waals surface area contributed by atoms with Gasteiger partial charge in [0, 0.05) is 11.3 Å². The summed E-state index contributed by atoms with van der Waals surface area (Å²) in [6, 6.07) is 20.8. The van der Waals surface area contributed by atoms with E-state index >= 15 is 0 Å². The van der Waals surface area contributed by atoms with Crippen molar-refractivity contribution in [2.75, 3.05) is 0 Å². The number of benzene rings is 2. The van der Waals surface area contributed by atoms with Gasteiger partial charge in [-0.15, -0.1) is 0 Å². The van der Waals surface area contributed by atoms with Crippen LogP contribution in [0.25, 0.3) is 11.1 Å². The van der Waals surface area contributed by atoms with Gasteiger partial charge in [-0.2, -0.15) is 8.42 Å². The van der Waals surface area contributed by atoms with Crippen LogP contribution in [0.1, 0.15) is 69.4 Å². The summed E-state index contributed by atoms with van der Waals surface area (Å²) in [6.45, 7) is 6.85. The van der Waals surface area contributed by atoms with Gasteiger partial charge in [-0.3, -0.25) is 4.18 Å². The third kappa shape index (κ3) is 4.86. The molecule has 0 aromatic heterocycles. The number of fused-ring (bicyclic) bond motifs is 1. The smallest absolute Gasteiger partial charge is 0.255 e. The van der Waals surface area contributed by atoms with Gasteiger partial charge in [-0.05, 0) is 54.4 Å². The first-order valence-electron chi connectivity index (χ1n) is 12.1. The number of allylic oxidation sites excluding steroid dienone is 3. The van der Waals surface area contributed by atoms with E-state index in [-0.39, 0.29) is 11.3 Å². The van der Waals surface area contributed by atoms with Crippen LogP contribution in [0.4, 0.5) is 0 Å². The maximum absolute atomic E-state index is 11.9. The molecule has 3 atom stereocenters. The van der Waals surface area contributed by atoms with Gasteiger partial charge in [0.05, 0.1) is 6.10 Å². The van der Waals surface area contributed by atoms with Gasteiger partial charge >= 0.3 is 10.3 Å². The summed E-state index contributed by atoms with van der Waals surface area (Å²) in [4.78, 5) is 0. The molecule has 2 N–H and O–H groups in total. The standard InChI is InChI=1S/C28H35NO3S/c1-3-4-5-8-17-24-20-25-26(32-33(29,30)31)18-19-28(25,21(2)22-13-9-6-10-14-22)27(24)23-15-11-7-12-16-23/h6-7,9-16,25-26H,2-5,8,17-20H2,1H3,(H2,29,30,31)/t25?,26-,28+/m1/s1. The van der Waals surface area contributed by atoms with Crippen LogP contribution in [-0.2, 0) is 14.5 Å². The highest BCUT2D eigenvalue weighted by atomic mass is 32.2. The van der Waals surface area contributed by atoms with Crippen molar-refractivity contribution in [3.05, 3.63) is 83.9 Å². The Balaban J connectivity index is 1.83. The Labute approximate surface area is 198 Å². The first-order chi connectivity index (χ1) is 15.9. The summed E-state index contributed by atoms with van der Waals surface area (Å²) in [5.41, 5.74) is 5.74. The summed E-state index contributed by atoms with van der Waals surface area (Å²) in [5, 5.41) is 5.34. The Bertz CT molecular complexity index is 1110. The fraction of sp³-hybridized carbons (Fsp3) is 0.429. The molecule has 2 aliphatic rings. The molecule has 1 saturated carbocycles. The van der Waals surface area contributed by atoms with E-state index in [0.717, 1.165) is 36.8 Å². The summed E-state index contributed by atoms with van der Waals surface area (Å²) in [6.07, 6.45) is 7.63. The minimum Gasteiger partial charge on any atom is -0.255 e. The Kier molecular flexibility index (Phi) is 7.22. The average molecular weight is 466 g/mol. The molecule has 4 rings (SSSR count). The highest BCUT2D eigenvalue weighted by Crippen LogP contribution is 2.66. The predicted molar refractivity (Wildman–Crippen MR) is 135 cm³/mol. The Morgan fingerprint density at radius 3 is 2.36 bits per heavy atom. The van der Waals surface area contributed by atoms with Crippen molar-refractivity contribution in [2.45, 2.75) is 64.4 Å². The molecule has 0 amide bonds. The van der Waals surface area contributed by atoms with Crippen LogP contribution in [0, 0.1) is 11.3 Å². The molecule has 33 heavy (non-hydrogen) atoms. The lowest BCUT2D eigenvalue weighted by atomic mass is 9.66. The molecule has 2 aliphatic carbocycles. The summed E-state index contributed by atoms with van der Waals surface area (Å²) >= 11 is 0. The molecule has 2 aromatic carbocycles. The van der Waals surface area contributed by atoms with Crippen molar-refractivity contribution >= 4 is 21.5 Å². The van der Waals surface area contributed by atoms with Crippen LogP contribution in [0.3, 0.4) is 0 Å². The van der Waals surface area contributed by atoms with E-state index in [4.69, 9.17) is 9.32 Å². The van der Waals surface area contributed by atoms with E-state index in [1.54, 1.807) is 0 Å². The second-order valence-corrected chi connectivity index (χ2v) is 10.6. The normalized spacial score (nSPS) is 24.8. The zero-order chi connectivity index (χ0) is 23.5. The molecule has 5 heteroatoms. The average Bonchev–Trinajstić information content (AvgIpc) is 3.31. The van der Waals surface area contributed by atoms with Crippen molar-refractivity contribution in [1.82, 2.24) is 0 Å². The van der Waals surface area contributed by atoms with Crippen molar-refractivity contribution < 1.29 is 12.6 Å². The third-order valence-corrected chi connectivity index (χ3v) is 8.00. The number of hydrogen-bond donors (Lipinski definition) is 1. The van der Waals surface area contributed by atoms with Crippen LogP contribution in [0.2, 0.25) is 0 Å². The molecule has 0 radical (unpaired) electrons. The Morgan fingerprint density at radius 1 is 1.06 bits per heavy atom. The van der Waals surface area contributed by atoms with Gasteiger partial charge in [-0.1, -0.05) is 99.0 Å². The lowest BCUT2D eigenvalue weighted by Crippen LogP contribution is -2.33. The lowest BCUT2D eigenvalue weighted by Gasteiger charge is -2.37. The predicted octanol–water partition coefficient (Wildman–Crippen LogP) is 6.51. The molecule has 0 aliphatic heterocycles. The van der Waals surface area contributed by atoms with Crippen molar-refractivity contribution in [1.29, 1.82) is 0 Å². The van der Waals surface area contributed by atoms with Crippen LogP contribution in [0.15, 0.2) is 72.8 Å². The van der Waals surface area contributed by atoms with Gasteiger partial charge in [0.25, 0.3) is 0 Å². The maximum atomic E-state index is 11.9. The minimum atomic E-state index is -4.04. The fourth-order valence-corrected chi connectivity index (χ4v) is 6.72. The SMILES string of the molecule is C=C(c1ccccc1)[C@@]12CC[C@@H](OS(N)(=O)=O)C1CC(CCCCCC)=C2c1ccccc1. The van der Waals surface area contributed by atoms with Crippen LogP contribution < -0.4 is 5.14 Å². The molecular weight excluding hydrogens is 430 g/mol. The molecule has 4 nitrogen and oxygen atoms in total. The Morgan fingerprint density at radius 2 is 1.73 bits per heavy atom. The van der Waals surface area contributed by atoms with Crippen LogP contribution in [-0.4, -0.2) is 14.5 Å². The topological polar surface area (TPSA) is 69.4 Å². The molecule has 0 bridgehead atoms. The van der Waals surface area contributed by atoms with Crippen LogP contribution >= 0.6 is 0 Å². The quantitative estimate of drug-likeness (QED) is 0.407. The Hall–Kier alpha value is -2.21. The van der Waals surface area contributed by atoms with E-state index < -0.39 is 16.4 Å². The maximum Gasteiger partial charge on any atom is 0.333 e. The summed E-state index contributed by atoms with van der Waals surface area (Å²) in [5.74, 6) is -0.0000811. The lowest BCUT2D eigenvalue weighted by molar-refractivity contribution is 0.151. The van der Waals surface area contributed by atoms with Crippen molar-refractivity contribution in [2.24, 2.45) is 16.5 Å². The highest BCUT2D eigenvalue weighted by molar-refractivity contribution is 7.84. The van der Waals surface area contributed by atoms with E-state index in [2.05, 4.69) is 49.9 Å². The molecular formula is C28H35NO3S. The molecule has 0 spiro atoms. The van der Waals surface area contributed by atoms with E-state index in [1.165, 1.54) is 36.0 Å². The minimum absolute atomic E-state index is 0.0000811. The zero-order valence-electron chi connectivity index (χ0n) is 19.5. The molecule has 2 aromatic rings. The fourth-order valence-electron chi connectivity index (χ4n) is 6.14. The highest BCUT2D eigenvalue weighted by Gasteiger charge is 2.58. The molecule has 0 saturated heterocycles. The van der Waals surface area contributed by atoms with E-state index in [1.807, 2.05) is 24.3 Å². The summed E-state index contributed by atoms with van der Waals surface area (Å²) < 4.78 is 29.3. The largest absolute Gasteiger partial charge is 0.333 e. The van der Waals surface area contributed by atoms with Gasteiger partial charge in [0.2, 0.25) is 0 Å². The number of nitrogens with two attached hydrogens (primary N) is 1. The van der Waals surface area contributed by atoms with Gasteiger partial charge in [-0.25, -0.2) is 5.14 Å². The monoisotopic (exact) mass is 465 g/mol. The molecule has 176 valence electrons. The van der Waals surface area contributed by atoms with Crippen LogP contribution in [0.5, 0.6) is 0 Å². The van der Waals surface area contributed by atoms with Crippen molar-refractivity contribution in [3.8, 4) is 0 Å². The van der Waals surface area contributed by atoms with Gasteiger partial charge in [0.15, 0.2) is 0 Å². The first-order valence-corrected chi connectivity index (χ1v) is 13.6. The second-order valence-electron chi connectivity index (χ2n) is 9.45. The number of hydrogen-bond acceptors (Lipinski definition) is 3. The van der Waals surface area contributed by atoms with Crippen molar-refractivity contribution in [3.63, 3.8) is 0 Å². The zero-order valence-corrected chi connectivity index (χ0v) is 20.3. The molecule has 0 heterocycles. The summed E-state index contributed by atoms with van der Waals surface area (Å²) in [7, 11) is -4.04. The first kappa shape index (κ1) is 23.9. The van der Waals surface area contributed by atoms with E-state index in [9.17, 15) is 8.42 Å². The van der Waals surface area contributed by atoms with E-state index in [0.29, 0.717) is 6.42 Å². The van der Waals surface area contributed by atoms with Gasteiger partial charge < -0.3 is 0 Å². The third-order valence-electron chi connectivity index (χ3n) is 7.48. The number of unbranched alkanes of at least 4 members (excludes halogenated alkanes) is 3. The molecule has 1 fully saturated rings. The second kappa shape index (κ2) is 9.96. The van der Waals surface area contributed by atoms with Gasteiger partial charge in [0.1, 0.15) is 0 Å².